The van der Waals surface area contributed by atoms with Gasteiger partial charge in [-0.25, -0.2) is 4.68 Å². The van der Waals surface area contributed by atoms with Crippen molar-refractivity contribution in [2.75, 3.05) is 7.11 Å². The average molecular weight is 443 g/mol. The molecule has 162 valence electrons. The van der Waals surface area contributed by atoms with E-state index in [4.69, 9.17) is 21.1 Å². The molecule has 0 bridgehead atoms. The first kappa shape index (κ1) is 22.2. The highest BCUT2D eigenvalue weighted by atomic mass is 35.5. The van der Waals surface area contributed by atoms with Crippen LogP contribution >= 0.6 is 11.6 Å². The van der Waals surface area contributed by atoms with Crippen molar-refractivity contribution in [3.63, 3.8) is 0 Å². The Morgan fingerprint density at radius 2 is 1.81 bits per heavy atom. The van der Waals surface area contributed by atoms with Gasteiger partial charge in [0.05, 0.1) is 36.4 Å². The maximum atomic E-state index is 12.6. The molecule has 0 saturated heterocycles. The summed E-state index contributed by atoms with van der Waals surface area (Å²) in [7, 11) is 1.49. The molecule has 0 spiro atoms. The van der Waals surface area contributed by atoms with Crippen LogP contribution in [0.3, 0.4) is 0 Å². The van der Waals surface area contributed by atoms with Crippen LogP contribution in [0.1, 0.15) is 40.3 Å². The first-order valence-corrected chi connectivity index (χ1v) is 9.94. The predicted molar refractivity (Wildman–Crippen MR) is 117 cm³/mol. The molecule has 2 amide bonds. The molecule has 0 aliphatic carbocycles. The highest BCUT2D eigenvalue weighted by Gasteiger charge is 2.17. The van der Waals surface area contributed by atoms with Crippen LogP contribution in [0, 0.1) is 6.92 Å². The average Bonchev–Trinajstić information content (AvgIpc) is 3.13. The number of aromatic nitrogens is 2. The molecule has 2 N–H and O–H groups in total. The number of benzene rings is 2. The Morgan fingerprint density at radius 1 is 1.06 bits per heavy atom. The predicted octanol–water partition coefficient (Wildman–Crippen LogP) is 3.70. The highest BCUT2D eigenvalue weighted by Crippen LogP contribution is 2.29. The third-order valence-electron chi connectivity index (χ3n) is 4.39. The molecular weight excluding hydrogens is 420 g/mol. The SMILES string of the molecule is COc1cc(C(=O)NNC(=O)c2cnn(-c3cccc(Cl)c3)c2C)ccc1OC(C)C. The zero-order valence-electron chi connectivity index (χ0n) is 17.6. The van der Waals surface area contributed by atoms with Gasteiger partial charge in [0.1, 0.15) is 0 Å². The summed E-state index contributed by atoms with van der Waals surface area (Å²) < 4.78 is 12.5. The first-order chi connectivity index (χ1) is 14.8. The number of hydrazine groups is 1. The van der Waals surface area contributed by atoms with E-state index >= 15 is 0 Å². The number of rotatable bonds is 6. The lowest BCUT2D eigenvalue weighted by atomic mass is 10.2. The van der Waals surface area contributed by atoms with Crippen LogP contribution in [0.4, 0.5) is 0 Å². The van der Waals surface area contributed by atoms with Gasteiger partial charge in [0, 0.05) is 10.6 Å². The minimum absolute atomic E-state index is 0.0380. The Morgan fingerprint density at radius 3 is 2.48 bits per heavy atom. The van der Waals surface area contributed by atoms with Gasteiger partial charge in [-0.2, -0.15) is 5.10 Å². The molecule has 0 aliphatic heterocycles. The van der Waals surface area contributed by atoms with Crippen molar-refractivity contribution in [3.05, 3.63) is 70.5 Å². The van der Waals surface area contributed by atoms with Crippen LogP contribution in [0.15, 0.2) is 48.7 Å². The molecule has 0 aliphatic rings. The van der Waals surface area contributed by atoms with Crippen LogP contribution in [0.5, 0.6) is 11.5 Å². The number of carbonyl (C=O) groups is 2. The third kappa shape index (κ3) is 5.16. The van der Waals surface area contributed by atoms with Gasteiger partial charge < -0.3 is 9.47 Å². The molecule has 0 fully saturated rings. The van der Waals surface area contributed by atoms with Crippen LogP contribution < -0.4 is 20.3 Å². The fourth-order valence-electron chi connectivity index (χ4n) is 2.91. The lowest BCUT2D eigenvalue weighted by Crippen LogP contribution is -2.41. The molecule has 9 heteroatoms. The number of hydrogen-bond acceptors (Lipinski definition) is 5. The summed E-state index contributed by atoms with van der Waals surface area (Å²) in [5.41, 5.74) is 6.76. The fourth-order valence-corrected chi connectivity index (χ4v) is 3.10. The van der Waals surface area contributed by atoms with Crippen molar-refractivity contribution >= 4 is 23.4 Å². The van der Waals surface area contributed by atoms with Gasteiger partial charge in [0.25, 0.3) is 11.8 Å². The normalized spacial score (nSPS) is 10.6. The summed E-state index contributed by atoms with van der Waals surface area (Å²) >= 11 is 6.03. The van der Waals surface area contributed by atoms with Gasteiger partial charge in [-0.3, -0.25) is 20.4 Å². The third-order valence-corrected chi connectivity index (χ3v) is 4.62. The van der Waals surface area contributed by atoms with E-state index in [0.717, 1.165) is 5.69 Å². The summed E-state index contributed by atoms with van der Waals surface area (Å²) in [6, 6.07) is 11.9. The Kier molecular flexibility index (Phi) is 6.81. The van der Waals surface area contributed by atoms with Gasteiger partial charge in [-0.05, 0) is 57.2 Å². The molecule has 0 radical (unpaired) electrons. The number of amides is 2. The van der Waals surface area contributed by atoms with Gasteiger partial charge in [-0.15, -0.1) is 0 Å². The van der Waals surface area contributed by atoms with Crippen molar-refractivity contribution in [2.24, 2.45) is 0 Å². The summed E-state index contributed by atoms with van der Waals surface area (Å²) in [4.78, 5) is 25.0. The standard InChI is InChI=1S/C22H23ClN4O4/c1-13(2)31-19-9-8-15(10-20(19)30-4)21(28)25-26-22(29)18-12-24-27(14(18)3)17-7-5-6-16(23)11-17/h5-13H,1-4H3,(H,25,28)(H,26,29). The van der Waals surface area contributed by atoms with Gasteiger partial charge >= 0.3 is 0 Å². The largest absolute Gasteiger partial charge is 0.493 e. The van der Waals surface area contributed by atoms with Crippen LogP contribution in [0.2, 0.25) is 5.02 Å². The van der Waals surface area contributed by atoms with E-state index in [2.05, 4.69) is 16.0 Å². The lowest BCUT2D eigenvalue weighted by Gasteiger charge is -2.14. The molecule has 1 aromatic heterocycles. The monoisotopic (exact) mass is 442 g/mol. The second-order valence-corrected chi connectivity index (χ2v) is 7.41. The maximum absolute atomic E-state index is 12.6. The molecular formula is C22H23ClN4O4. The number of methoxy groups -OCH3 is 1. The second kappa shape index (κ2) is 9.53. The second-order valence-electron chi connectivity index (χ2n) is 6.98. The Hall–Kier alpha value is -3.52. The molecule has 2 aromatic carbocycles. The van der Waals surface area contributed by atoms with Gasteiger partial charge in [0.15, 0.2) is 11.5 Å². The fraction of sp³-hybridized carbons (Fsp3) is 0.227. The number of ether oxygens (including phenoxy) is 2. The Bertz CT molecular complexity index is 1110. The van der Waals surface area contributed by atoms with E-state index in [1.165, 1.54) is 13.3 Å². The molecule has 3 aromatic rings. The van der Waals surface area contributed by atoms with E-state index in [0.29, 0.717) is 33.3 Å². The molecule has 0 saturated carbocycles. The topological polar surface area (TPSA) is 94.5 Å². The van der Waals surface area contributed by atoms with Crippen LogP contribution in [0.25, 0.3) is 5.69 Å². The lowest BCUT2D eigenvalue weighted by molar-refractivity contribution is 0.0846. The Balaban J connectivity index is 1.69. The van der Waals surface area contributed by atoms with E-state index in [9.17, 15) is 9.59 Å². The molecule has 8 nitrogen and oxygen atoms in total. The van der Waals surface area contributed by atoms with Gasteiger partial charge in [-0.1, -0.05) is 17.7 Å². The van der Waals surface area contributed by atoms with Crippen molar-refractivity contribution in [1.82, 2.24) is 20.6 Å². The molecule has 1 heterocycles. The number of carbonyl (C=O) groups excluding carboxylic acids is 2. The van der Waals surface area contributed by atoms with Crippen molar-refractivity contribution < 1.29 is 19.1 Å². The number of hydrogen-bond donors (Lipinski definition) is 2. The minimum Gasteiger partial charge on any atom is -0.493 e. The van der Waals surface area contributed by atoms with Gasteiger partial charge in [0.2, 0.25) is 0 Å². The summed E-state index contributed by atoms with van der Waals surface area (Å²) in [5, 5.41) is 4.80. The van der Waals surface area contributed by atoms with E-state index in [1.807, 2.05) is 19.9 Å². The zero-order chi connectivity index (χ0) is 22.5. The maximum Gasteiger partial charge on any atom is 0.273 e. The minimum atomic E-state index is -0.498. The Labute approximate surface area is 185 Å². The summed E-state index contributed by atoms with van der Waals surface area (Å²) in [5.74, 6) is -0.0399. The van der Waals surface area contributed by atoms with E-state index in [1.54, 1.807) is 48.0 Å². The quantitative estimate of drug-likeness (QED) is 0.567. The van der Waals surface area contributed by atoms with Crippen LogP contribution in [-0.2, 0) is 0 Å². The smallest absolute Gasteiger partial charge is 0.273 e. The van der Waals surface area contributed by atoms with Crippen molar-refractivity contribution in [3.8, 4) is 17.2 Å². The zero-order valence-corrected chi connectivity index (χ0v) is 18.4. The van der Waals surface area contributed by atoms with Crippen molar-refractivity contribution in [1.29, 1.82) is 0 Å². The van der Waals surface area contributed by atoms with E-state index in [-0.39, 0.29) is 6.10 Å². The van der Waals surface area contributed by atoms with Crippen LogP contribution in [-0.4, -0.2) is 34.8 Å². The van der Waals surface area contributed by atoms with E-state index < -0.39 is 11.8 Å². The molecule has 3 rings (SSSR count). The molecule has 0 atom stereocenters. The number of halogens is 1. The summed E-state index contributed by atoms with van der Waals surface area (Å²) in [6.45, 7) is 5.54. The highest BCUT2D eigenvalue weighted by molar-refractivity contribution is 6.30. The first-order valence-electron chi connectivity index (χ1n) is 9.56. The van der Waals surface area contributed by atoms with Crippen molar-refractivity contribution in [2.45, 2.75) is 26.9 Å². The molecule has 0 unspecified atom stereocenters. The number of nitrogens with one attached hydrogen (secondary N) is 2. The molecule has 31 heavy (non-hydrogen) atoms. The number of nitrogens with zero attached hydrogens (tertiary/aromatic N) is 2. The summed E-state index contributed by atoms with van der Waals surface area (Å²) in [6.07, 6.45) is 1.39.